The Morgan fingerprint density at radius 2 is 2.29 bits per heavy atom. The minimum Gasteiger partial charge on any atom is -0.463 e. The number of ether oxygens (including phenoxy) is 2. The Morgan fingerprint density at radius 1 is 1.53 bits per heavy atom. The van der Waals surface area contributed by atoms with E-state index >= 15 is 0 Å². The number of nitrogen functional groups attached to an aromatic ring is 1. The van der Waals surface area contributed by atoms with Gasteiger partial charge >= 0.3 is 11.9 Å². The average molecular weight is 256 g/mol. The number of anilines is 1. The molecule has 0 unspecified atom stereocenters. The van der Waals surface area contributed by atoms with Gasteiger partial charge in [-0.05, 0) is 18.2 Å². The lowest BCUT2D eigenvalue weighted by atomic mass is 10.2. The van der Waals surface area contributed by atoms with E-state index in [2.05, 4.69) is 4.74 Å². The lowest BCUT2D eigenvalue weighted by Crippen LogP contribution is -2.22. The van der Waals surface area contributed by atoms with Gasteiger partial charge < -0.3 is 15.2 Å². The summed E-state index contributed by atoms with van der Waals surface area (Å²) in [6, 6.07) is 4.40. The van der Waals surface area contributed by atoms with Crippen molar-refractivity contribution in [2.45, 2.75) is 12.5 Å². The number of esters is 2. The molecule has 0 amide bonds. The predicted octanol–water partition coefficient (Wildman–Crippen LogP) is 1.39. The Balaban J connectivity index is 2.09. The van der Waals surface area contributed by atoms with Crippen LogP contribution >= 0.6 is 11.6 Å². The molecule has 0 bridgehead atoms. The Labute approximate surface area is 102 Å². The maximum Gasteiger partial charge on any atom is 0.347 e. The fourth-order valence-electron chi connectivity index (χ4n) is 1.45. The van der Waals surface area contributed by atoms with Gasteiger partial charge in [0.05, 0.1) is 22.9 Å². The summed E-state index contributed by atoms with van der Waals surface area (Å²) in [5.41, 5.74) is 6.11. The summed E-state index contributed by atoms with van der Waals surface area (Å²) in [5.74, 6) is -1.13. The van der Waals surface area contributed by atoms with Gasteiger partial charge in [0.1, 0.15) is 0 Å². The van der Waals surface area contributed by atoms with Crippen LogP contribution in [0.3, 0.4) is 0 Å². The zero-order valence-corrected chi connectivity index (χ0v) is 9.57. The van der Waals surface area contributed by atoms with E-state index in [0.29, 0.717) is 11.4 Å². The van der Waals surface area contributed by atoms with Crippen LogP contribution < -0.4 is 5.73 Å². The molecule has 6 heteroatoms. The number of benzene rings is 1. The Bertz CT molecular complexity index is 475. The summed E-state index contributed by atoms with van der Waals surface area (Å²) in [6.07, 6.45) is -0.437. The number of carbonyl (C=O) groups is 2. The molecule has 5 nitrogen and oxygen atoms in total. The molecule has 1 heterocycles. The maximum atomic E-state index is 11.7. The third kappa shape index (κ3) is 2.50. The van der Waals surface area contributed by atoms with Crippen molar-refractivity contribution in [1.82, 2.24) is 0 Å². The monoisotopic (exact) mass is 255 g/mol. The van der Waals surface area contributed by atoms with Gasteiger partial charge in [0.25, 0.3) is 0 Å². The molecule has 0 aromatic heterocycles. The third-order valence-corrected chi connectivity index (χ3v) is 2.71. The van der Waals surface area contributed by atoms with E-state index in [1.165, 1.54) is 18.2 Å². The van der Waals surface area contributed by atoms with Crippen LogP contribution in [-0.2, 0) is 14.3 Å². The van der Waals surface area contributed by atoms with Crippen LogP contribution in [0.2, 0.25) is 5.02 Å². The molecule has 0 aliphatic carbocycles. The first-order chi connectivity index (χ1) is 8.08. The van der Waals surface area contributed by atoms with E-state index in [4.69, 9.17) is 22.1 Å². The molecule has 2 rings (SSSR count). The third-order valence-electron chi connectivity index (χ3n) is 2.37. The molecule has 1 saturated heterocycles. The van der Waals surface area contributed by atoms with Crippen LogP contribution in [0.4, 0.5) is 5.69 Å². The first-order valence-electron chi connectivity index (χ1n) is 5.00. The molecule has 17 heavy (non-hydrogen) atoms. The Morgan fingerprint density at radius 3 is 2.88 bits per heavy atom. The molecular weight excluding hydrogens is 246 g/mol. The molecule has 1 atom stereocenters. The lowest BCUT2D eigenvalue weighted by Gasteiger charge is -2.08. The first-order valence-corrected chi connectivity index (χ1v) is 5.38. The van der Waals surface area contributed by atoms with Crippen LogP contribution in [0.1, 0.15) is 16.8 Å². The highest BCUT2D eigenvalue weighted by Gasteiger charge is 2.30. The minimum absolute atomic E-state index is 0.256. The molecule has 90 valence electrons. The van der Waals surface area contributed by atoms with Gasteiger partial charge in [-0.3, -0.25) is 0 Å². The molecule has 1 fully saturated rings. The van der Waals surface area contributed by atoms with E-state index in [9.17, 15) is 9.59 Å². The summed E-state index contributed by atoms with van der Waals surface area (Å²) in [7, 11) is 0. The topological polar surface area (TPSA) is 78.6 Å². The number of cyclic esters (lactones) is 1. The van der Waals surface area contributed by atoms with Crippen molar-refractivity contribution in [3.05, 3.63) is 28.8 Å². The molecule has 1 aliphatic heterocycles. The van der Waals surface area contributed by atoms with Gasteiger partial charge in [-0.2, -0.15) is 0 Å². The van der Waals surface area contributed by atoms with Gasteiger partial charge in [0.15, 0.2) is 0 Å². The van der Waals surface area contributed by atoms with E-state index < -0.39 is 18.0 Å². The van der Waals surface area contributed by atoms with Crippen LogP contribution in [0, 0.1) is 0 Å². The number of hydrogen-bond donors (Lipinski definition) is 1. The summed E-state index contributed by atoms with van der Waals surface area (Å²) < 4.78 is 9.68. The largest absolute Gasteiger partial charge is 0.463 e. The SMILES string of the molecule is Nc1cc(C(=O)O[C@@H]2CCOC2=O)ccc1Cl. The van der Waals surface area contributed by atoms with Crippen molar-refractivity contribution < 1.29 is 19.1 Å². The molecule has 1 aromatic carbocycles. The first kappa shape index (κ1) is 11.7. The molecular formula is C11H10ClNO4. The fourth-order valence-corrected chi connectivity index (χ4v) is 1.57. The van der Waals surface area contributed by atoms with Gasteiger partial charge in [-0.25, -0.2) is 9.59 Å². The number of carbonyl (C=O) groups excluding carboxylic acids is 2. The Kier molecular flexibility index (Phi) is 3.19. The minimum atomic E-state index is -0.820. The summed E-state index contributed by atoms with van der Waals surface area (Å²) in [4.78, 5) is 22.8. The summed E-state index contributed by atoms with van der Waals surface area (Å²) in [5, 5.41) is 0.363. The van der Waals surface area contributed by atoms with Crippen molar-refractivity contribution in [3.63, 3.8) is 0 Å². The van der Waals surface area contributed by atoms with Crippen molar-refractivity contribution in [1.29, 1.82) is 0 Å². The number of nitrogens with two attached hydrogens (primary N) is 1. The molecule has 1 aromatic rings. The van der Waals surface area contributed by atoms with E-state index in [1.54, 1.807) is 0 Å². The van der Waals surface area contributed by atoms with Crippen molar-refractivity contribution in [2.24, 2.45) is 0 Å². The van der Waals surface area contributed by atoms with Crippen LogP contribution in [0.25, 0.3) is 0 Å². The van der Waals surface area contributed by atoms with E-state index in [-0.39, 0.29) is 17.9 Å². The molecule has 1 aliphatic rings. The van der Waals surface area contributed by atoms with Crippen LogP contribution in [0.15, 0.2) is 18.2 Å². The maximum absolute atomic E-state index is 11.7. The van der Waals surface area contributed by atoms with Gasteiger partial charge in [-0.1, -0.05) is 11.6 Å². The van der Waals surface area contributed by atoms with Gasteiger partial charge in [0.2, 0.25) is 6.10 Å². The highest BCUT2D eigenvalue weighted by Crippen LogP contribution is 2.21. The highest BCUT2D eigenvalue weighted by molar-refractivity contribution is 6.33. The van der Waals surface area contributed by atoms with E-state index in [0.717, 1.165) is 0 Å². The van der Waals surface area contributed by atoms with E-state index in [1.807, 2.05) is 0 Å². The zero-order valence-electron chi connectivity index (χ0n) is 8.81. The molecule has 0 radical (unpaired) electrons. The average Bonchev–Trinajstić information content (AvgIpc) is 2.68. The molecule has 0 saturated carbocycles. The van der Waals surface area contributed by atoms with Crippen molar-refractivity contribution in [3.8, 4) is 0 Å². The second kappa shape index (κ2) is 4.63. The van der Waals surface area contributed by atoms with Crippen LogP contribution in [0.5, 0.6) is 0 Å². The number of rotatable bonds is 2. The number of halogens is 1. The zero-order chi connectivity index (χ0) is 12.4. The molecule has 2 N–H and O–H groups in total. The number of hydrogen-bond acceptors (Lipinski definition) is 5. The smallest absolute Gasteiger partial charge is 0.347 e. The van der Waals surface area contributed by atoms with Crippen LogP contribution in [-0.4, -0.2) is 24.6 Å². The van der Waals surface area contributed by atoms with Gasteiger partial charge in [0, 0.05) is 6.42 Å². The van der Waals surface area contributed by atoms with Crippen molar-refractivity contribution in [2.75, 3.05) is 12.3 Å². The quantitative estimate of drug-likeness (QED) is 0.638. The molecule has 0 spiro atoms. The second-order valence-corrected chi connectivity index (χ2v) is 3.99. The Hall–Kier alpha value is -1.75. The second-order valence-electron chi connectivity index (χ2n) is 3.59. The summed E-state index contributed by atoms with van der Waals surface area (Å²) in [6.45, 7) is 0.277. The van der Waals surface area contributed by atoms with Gasteiger partial charge in [-0.15, -0.1) is 0 Å². The highest BCUT2D eigenvalue weighted by atomic mass is 35.5. The predicted molar refractivity (Wildman–Crippen MR) is 60.6 cm³/mol. The normalized spacial score (nSPS) is 18.9. The standard InChI is InChI=1S/C11H10ClNO4/c12-7-2-1-6(5-8(7)13)10(14)17-9-3-4-16-11(9)15/h1-2,5,9H,3-4,13H2/t9-/m1/s1. The fraction of sp³-hybridized carbons (Fsp3) is 0.273. The van der Waals surface area contributed by atoms with Crippen molar-refractivity contribution >= 4 is 29.2 Å². The lowest BCUT2D eigenvalue weighted by molar-refractivity contribution is -0.145. The summed E-state index contributed by atoms with van der Waals surface area (Å²) >= 11 is 5.73.